The van der Waals surface area contributed by atoms with Gasteiger partial charge in [0, 0.05) is 18.8 Å². The molecule has 2 rings (SSSR count). The third-order valence-corrected chi connectivity index (χ3v) is 6.55. The molecule has 0 N–H and O–H groups in total. The van der Waals surface area contributed by atoms with Gasteiger partial charge in [0.05, 0.1) is 12.5 Å². The van der Waals surface area contributed by atoms with Crippen molar-refractivity contribution >= 4 is 11.8 Å². The Morgan fingerprint density at radius 2 is 1.60 bits per heavy atom. The number of rotatable bonds is 20. The summed E-state index contributed by atoms with van der Waals surface area (Å²) in [6.45, 7) is 5.38. The lowest BCUT2D eigenvalue weighted by molar-refractivity contribution is -0.164. The van der Waals surface area contributed by atoms with Gasteiger partial charge in [0.2, 0.25) is 5.91 Å². The first-order chi connectivity index (χ1) is 17.2. The van der Waals surface area contributed by atoms with Crippen LogP contribution in [-0.2, 0) is 19.1 Å². The van der Waals surface area contributed by atoms with Crippen LogP contribution >= 0.6 is 0 Å². The normalized spacial score (nSPS) is 18.7. The highest BCUT2D eigenvalue weighted by atomic mass is 16.7. The minimum atomic E-state index is -0.556. The molecule has 5 heteroatoms. The zero-order valence-electron chi connectivity index (χ0n) is 22.1. The van der Waals surface area contributed by atoms with Crippen LogP contribution in [-0.4, -0.2) is 42.8 Å². The number of hydrogen-bond donors (Lipinski definition) is 0. The summed E-state index contributed by atoms with van der Waals surface area (Å²) in [7, 11) is 0. The fraction of sp³-hybridized carbons (Fsp3) is 0.667. The Morgan fingerprint density at radius 3 is 2.29 bits per heavy atom. The standard InChI is InChI=1S/C30H47NO4/c1-3-5-6-7-8-9-10-11-12-13-14-15-16-17-18-21-24-35-28(34-4-2)25-31-29(32)26-22-19-20-23-27(26)30(31)33/h8-9,11-12,19-20,22,27-28H,3-7,10,13-18,21,23-25H2,1-2H3/b9-8-,12-11-. The van der Waals surface area contributed by atoms with Crippen molar-refractivity contribution in [3.8, 4) is 0 Å². The molecule has 0 aromatic heterocycles. The van der Waals surface area contributed by atoms with Crippen molar-refractivity contribution < 1.29 is 19.1 Å². The van der Waals surface area contributed by atoms with E-state index in [1.807, 2.05) is 19.1 Å². The maximum Gasteiger partial charge on any atom is 0.257 e. The third kappa shape index (κ3) is 11.1. The van der Waals surface area contributed by atoms with Crippen molar-refractivity contribution in [2.45, 2.75) is 104 Å². The molecule has 5 nitrogen and oxygen atoms in total. The molecule has 0 aromatic rings. The van der Waals surface area contributed by atoms with Crippen molar-refractivity contribution in [2.24, 2.45) is 5.92 Å². The summed E-state index contributed by atoms with van der Waals surface area (Å²) in [6.07, 6.45) is 29.2. The maximum absolute atomic E-state index is 12.6. The first-order valence-corrected chi connectivity index (χ1v) is 13.9. The van der Waals surface area contributed by atoms with E-state index in [2.05, 4.69) is 31.2 Å². The number of hydrogen-bond acceptors (Lipinski definition) is 4. The lowest BCUT2D eigenvalue weighted by Crippen LogP contribution is -2.40. The van der Waals surface area contributed by atoms with Crippen LogP contribution in [0.4, 0.5) is 0 Å². The second-order valence-corrected chi connectivity index (χ2v) is 9.43. The second kappa shape index (κ2) is 18.3. The third-order valence-electron chi connectivity index (χ3n) is 6.55. The van der Waals surface area contributed by atoms with E-state index in [1.54, 1.807) is 6.08 Å². The molecule has 2 unspecified atom stereocenters. The minimum absolute atomic E-state index is 0.132. The van der Waals surface area contributed by atoms with Crippen molar-refractivity contribution in [1.82, 2.24) is 4.90 Å². The lowest BCUT2D eigenvalue weighted by atomic mass is 9.94. The molecule has 2 aliphatic rings. The highest BCUT2D eigenvalue weighted by Gasteiger charge is 2.43. The van der Waals surface area contributed by atoms with Crippen LogP contribution in [0.3, 0.4) is 0 Å². The van der Waals surface area contributed by atoms with Gasteiger partial charge < -0.3 is 9.47 Å². The minimum Gasteiger partial charge on any atom is -0.351 e. The molecule has 0 spiro atoms. The summed E-state index contributed by atoms with van der Waals surface area (Å²) in [5.41, 5.74) is 0.595. The molecule has 196 valence electrons. The number of likely N-dealkylation sites (tertiary alicyclic amines) is 1. The zero-order valence-corrected chi connectivity index (χ0v) is 22.1. The molecule has 0 radical (unpaired) electrons. The Morgan fingerprint density at radius 1 is 0.914 bits per heavy atom. The number of ether oxygens (including phenoxy) is 2. The van der Waals surface area contributed by atoms with Crippen LogP contribution in [0.1, 0.15) is 97.3 Å². The number of carbonyl (C=O) groups is 2. The summed E-state index contributed by atoms with van der Waals surface area (Å²) < 4.78 is 11.6. The van der Waals surface area contributed by atoms with Gasteiger partial charge in [-0.1, -0.05) is 88.0 Å². The van der Waals surface area contributed by atoms with Crippen LogP contribution in [0.2, 0.25) is 0 Å². The molecule has 1 saturated heterocycles. The van der Waals surface area contributed by atoms with Crippen molar-refractivity contribution in [1.29, 1.82) is 0 Å². The Kier molecular flexibility index (Phi) is 15.3. The first kappa shape index (κ1) is 29.3. The monoisotopic (exact) mass is 485 g/mol. The predicted molar refractivity (Wildman–Crippen MR) is 143 cm³/mol. The van der Waals surface area contributed by atoms with Crippen LogP contribution in [0, 0.1) is 5.92 Å². The molecule has 1 fully saturated rings. The summed E-state index contributed by atoms with van der Waals surface area (Å²) >= 11 is 0. The molecule has 0 bridgehead atoms. The van der Waals surface area contributed by atoms with Gasteiger partial charge in [-0.25, -0.2) is 0 Å². The van der Waals surface area contributed by atoms with E-state index in [-0.39, 0.29) is 24.3 Å². The quantitative estimate of drug-likeness (QED) is 0.0802. The highest BCUT2D eigenvalue weighted by Crippen LogP contribution is 2.31. The van der Waals surface area contributed by atoms with E-state index in [0.717, 1.165) is 19.3 Å². The number of amides is 2. The fourth-order valence-corrected chi connectivity index (χ4v) is 4.49. The molecule has 2 atom stereocenters. The van der Waals surface area contributed by atoms with Crippen LogP contribution in [0.25, 0.3) is 0 Å². The number of fused-ring (bicyclic) bond motifs is 1. The summed E-state index contributed by atoms with van der Waals surface area (Å²) in [4.78, 5) is 26.6. The summed E-state index contributed by atoms with van der Waals surface area (Å²) in [5.74, 6) is -0.665. The summed E-state index contributed by atoms with van der Waals surface area (Å²) in [6, 6.07) is 0. The van der Waals surface area contributed by atoms with Gasteiger partial charge in [0.25, 0.3) is 5.91 Å². The summed E-state index contributed by atoms with van der Waals surface area (Å²) in [5, 5.41) is 0. The molecule has 0 aromatic carbocycles. The number of unbranched alkanes of at least 4 members (excludes halogenated alkanes) is 9. The van der Waals surface area contributed by atoms with Gasteiger partial charge in [0.1, 0.15) is 0 Å². The van der Waals surface area contributed by atoms with E-state index in [4.69, 9.17) is 9.47 Å². The van der Waals surface area contributed by atoms with Gasteiger partial charge in [-0.05, 0) is 51.9 Å². The van der Waals surface area contributed by atoms with Crippen LogP contribution in [0.5, 0.6) is 0 Å². The van der Waals surface area contributed by atoms with Gasteiger partial charge in [0.15, 0.2) is 6.29 Å². The Labute approximate surface area is 213 Å². The maximum atomic E-state index is 12.6. The Bertz CT molecular complexity index is 737. The number of nitrogens with zero attached hydrogens (tertiary/aromatic N) is 1. The topological polar surface area (TPSA) is 55.8 Å². The molecule has 1 aliphatic carbocycles. The molecule has 1 aliphatic heterocycles. The van der Waals surface area contributed by atoms with Crippen LogP contribution < -0.4 is 0 Å². The van der Waals surface area contributed by atoms with Crippen molar-refractivity contribution in [3.63, 3.8) is 0 Å². The van der Waals surface area contributed by atoms with E-state index in [9.17, 15) is 9.59 Å². The first-order valence-electron chi connectivity index (χ1n) is 13.9. The van der Waals surface area contributed by atoms with Crippen LogP contribution in [0.15, 0.2) is 48.1 Å². The number of allylic oxidation sites excluding steroid dienone is 7. The van der Waals surface area contributed by atoms with Gasteiger partial charge in [-0.15, -0.1) is 0 Å². The predicted octanol–water partition coefficient (Wildman–Crippen LogP) is 7.05. The molecule has 0 saturated carbocycles. The van der Waals surface area contributed by atoms with Crippen molar-refractivity contribution in [2.75, 3.05) is 19.8 Å². The lowest BCUT2D eigenvalue weighted by Gasteiger charge is -2.23. The SMILES string of the molecule is CCCCC/C=C\C/C=C\CCCCCCCCOC(CN1C(=O)C2=CC=CCC2C1=O)OCC. The Balaban J connectivity index is 1.49. The average Bonchev–Trinajstić information content (AvgIpc) is 3.11. The van der Waals surface area contributed by atoms with Gasteiger partial charge in [-0.2, -0.15) is 0 Å². The van der Waals surface area contributed by atoms with E-state index in [1.165, 1.54) is 62.7 Å². The highest BCUT2D eigenvalue weighted by molar-refractivity contribution is 6.15. The molecular formula is C30H47NO4. The van der Waals surface area contributed by atoms with E-state index in [0.29, 0.717) is 25.2 Å². The smallest absolute Gasteiger partial charge is 0.257 e. The van der Waals surface area contributed by atoms with E-state index < -0.39 is 6.29 Å². The molecule has 1 heterocycles. The Hall–Kier alpha value is -1.98. The molecule has 2 amide bonds. The molecule has 35 heavy (non-hydrogen) atoms. The van der Waals surface area contributed by atoms with Gasteiger partial charge >= 0.3 is 0 Å². The molecular weight excluding hydrogens is 438 g/mol. The number of carbonyl (C=O) groups excluding carboxylic acids is 2. The largest absolute Gasteiger partial charge is 0.351 e. The number of imide groups is 1. The average molecular weight is 486 g/mol. The van der Waals surface area contributed by atoms with Gasteiger partial charge in [-0.3, -0.25) is 14.5 Å². The van der Waals surface area contributed by atoms with E-state index >= 15 is 0 Å². The van der Waals surface area contributed by atoms with Crippen molar-refractivity contribution in [3.05, 3.63) is 48.1 Å². The second-order valence-electron chi connectivity index (χ2n) is 9.43. The fourth-order valence-electron chi connectivity index (χ4n) is 4.49. The zero-order chi connectivity index (χ0) is 25.1.